The third kappa shape index (κ3) is 2.33. The van der Waals surface area contributed by atoms with Crippen LogP contribution in [0.3, 0.4) is 0 Å². The normalized spacial score (nSPS) is 23.1. The molecule has 2 unspecified atom stereocenters. The van der Waals surface area contributed by atoms with Crippen LogP contribution >= 0.6 is 22.7 Å². The lowest BCUT2D eigenvalue weighted by molar-refractivity contribution is -0.143. The second-order valence-electron chi connectivity index (χ2n) is 5.17. The van der Waals surface area contributed by atoms with Crippen LogP contribution in [-0.4, -0.2) is 34.5 Å². The highest BCUT2D eigenvalue weighted by molar-refractivity contribution is 7.27. The van der Waals surface area contributed by atoms with Gasteiger partial charge in [-0.05, 0) is 37.3 Å². The lowest BCUT2D eigenvalue weighted by atomic mass is 9.91. The zero-order chi connectivity index (χ0) is 14.3. The topological polar surface area (TPSA) is 57.6 Å². The highest BCUT2D eigenvalue weighted by Gasteiger charge is 2.33. The number of hydrogen-bond acceptors (Lipinski definition) is 4. The largest absolute Gasteiger partial charge is 0.481 e. The standard InChI is InChI=1S/C14H15NO3S2/c1-8-6-9(14(17)18)2-4-15(8)13(16)12-7-11-10(20-12)3-5-19-11/h3,5,7-9H,2,4,6H2,1H3,(H,17,18). The fourth-order valence-electron chi connectivity index (χ4n) is 2.71. The Bertz CT molecular complexity index is 632. The molecule has 0 bridgehead atoms. The fraction of sp³-hybridized carbons (Fsp3) is 0.429. The summed E-state index contributed by atoms with van der Waals surface area (Å²) in [6.45, 7) is 2.46. The van der Waals surface area contributed by atoms with Crippen LogP contribution in [-0.2, 0) is 4.79 Å². The maximum Gasteiger partial charge on any atom is 0.306 e. The Hall–Kier alpha value is -1.40. The number of hydrogen-bond donors (Lipinski definition) is 1. The third-order valence-electron chi connectivity index (χ3n) is 3.84. The van der Waals surface area contributed by atoms with Gasteiger partial charge >= 0.3 is 5.97 Å². The van der Waals surface area contributed by atoms with Crippen molar-refractivity contribution in [3.63, 3.8) is 0 Å². The molecule has 0 saturated carbocycles. The lowest BCUT2D eigenvalue weighted by Gasteiger charge is -2.36. The minimum Gasteiger partial charge on any atom is -0.481 e. The quantitative estimate of drug-likeness (QED) is 0.926. The van der Waals surface area contributed by atoms with Gasteiger partial charge in [-0.2, -0.15) is 0 Å². The van der Waals surface area contributed by atoms with Gasteiger partial charge in [0.05, 0.1) is 10.8 Å². The molecule has 1 amide bonds. The van der Waals surface area contributed by atoms with Gasteiger partial charge in [-0.15, -0.1) is 22.7 Å². The molecule has 2 atom stereocenters. The number of carbonyl (C=O) groups excluding carboxylic acids is 1. The number of carbonyl (C=O) groups is 2. The van der Waals surface area contributed by atoms with Crippen molar-refractivity contribution < 1.29 is 14.7 Å². The first-order valence-corrected chi connectivity index (χ1v) is 8.26. The first-order valence-electron chi connectivity index (χ1n) is 6.57. The van der Waals surface area contributed by atoms with E-state index in [2.05, 4.69) is 0 Å². The van der Waals surface area contributed by atoms with E-state index in [9.17, 15) is 9.59 Å². The minimum absolute atomic E-state index is 0.0162. The minimum atomic E-state index is -0.749. The van der Waals surface area contributed by atoms with Crippen LogP contribution in [0.2, 0.25) is 0 Å². The van der Waals surface area contributed by atoms with E-state index in [4.69, 9.17) is 5.11 Å². The van der Waals surface area contributed by atoms with E-state index in [1.807, 2.05) is 29.3 Å². The molecule has 3 rings (SSSR count). The van der Waals surface area contributed by atoms with E-state index in [-0.39, 0.29) is 17.9 Å². The van der Waals surface area contributed by atoms with Gasteiger partial charge in [0.1, 0.15) is 0 Å². The summed E-state index contributed by atoms with van der Waals surface area (Å²) in [5.74, 6) is -1.03. The number of aliphatic carboxylic acids is 1. The van der Waals surface area contributed by atoms with Gasteiger partial charge in [-0.1, -0.05) is 0 Å². The molecule has 2 aromatic rings. The van der Waals surface area contributed by atoms with Gasteiger partial charge in [0.2, 0.25) is 0 Å². The zero-order valence-electron chi connectivity index (χ0n) is 11.0. The third-order valence-corrected chi connectivity index (χ3v) is 5.92. The average Bonchev–Trinajstić information content (AvgIpc) is 2.98. The maximum atomic E-state index is 12.5. The summed E-state index contributed by atoms with van der Waals surface area (Å²) in [6.07, 6.45) is 1.09. The van der Waals surface area contributed by atoms with E-state index in [1.165, 1.54) is 11.3 Å². The highest BCUT2D eigenvalue weighted by atomic mass is 32.1. The molecule has 4 nitrogen and oxygen atoms in total. The van der Waals surface area contributed by atoms with E-state index >= 15 is 0 Å². The van der Waals surface area contributed by atoms with Crippen molar-refractivity contribution in [3.8, 4) is 0 Å². The first kappa shape index (κ1) is 13.6. The number of piperidine rings is 1. The van der Waals surface area contributed by atoms with Crippen LogP contribution in [0.4, 0.5) is 0 Å². The highest BCUT2D eigenvalue weighted by Crippen LogP contribution is 2.32. The predicted molar refractivity (Wildman–Crippen MR) is 80.6 cm³/mol. The molecule has 6 heteroatoms. The molecule has 106 valence electrons. The van der Waals surface area contributed by atoms with Gasteiger partial charge in [-0.3, -0.25) is 9.59 Å². The summed E-state index contributed by atoms with van der Waals surface area (Å²) in [6, 6.07) is 3.96. The fourth-order valence-corrected chi connectivity index (χ4v) is 4.78. The Labute approximate surface area is 124 Å². The Morgan fingerprint density at radius 1 is 1.40 bits per heavy atom. The monoisotopic (exact) mass is 309 g/mol. The van der Waals surface area contributed by atoms with Crippen molar-refractivity contribution in [2.75, 3.05) is 6.54 Å². The number of carboxylic acid groups (broad SMARTS) is 1. The van der Waals surface area contributed by atoms with Crippen molar-refractivity contribution in [1.29, 1.82) is 0 Å². The molecule has 20 heavy (non-hydrogen) atoms. The summed E-state index contributed by atoms with van der Waals surface area (Å²) >= 11 is 3.16. The van der Waals surface area contributed by atoms with Gasteiger partial charge in [0, 0.05) is 22.0 Å². The summed E-state index contributed by atoms with van der Waals surface area (Å²) in [7, 11) is 0. The Balaban J connectivity index is 1.77. The second-order valence-corrected chi connectivity index (χ2v) is 7.20. The number of amides is 1. The Kier molecular flexibility index (Phi) is 3.52. The summed E-state index contributed by atoms with van der Waals surface area (Å²) in [5.41, 5.74) is 0. The van der Waals surface area contributed by atoms with Crippen LogP contribution in [0.15, 0.2) is 17.5 Å². The number of carboxylic acids is 1. The summed E-state index contributed by atoms with van der Waals surface area (Å²) in [4.78, 5) is 26.1. The molecule has 0 radical (unpaired) electrons. The van der Waals surface area contributed by atoms with Gasteiger partial charge in [0.15, 0.2) is 0 Å². The summed E-state index contributed by atoms with van der Waals surface area (Å²) in [5, 5.41) is 11.1. The molecule has 1 aliphatic rings. The maximum absolute atomic E-state index is 12.5. The molecular formula is C14H15NO3S2. The smallest absolute Gasteiger partial charge is 0.306 e. The molecule has 0 aromatic carbocycles. The van der Waals surface area contributed by atoms with Crippen LogP contribution in [0.5, 0.6) is 0 Å². The van der Waals surface area contributed by atoms with E-state index in [1.54, 1.807) is 11.3 Å². The molecule has 0 aliphatic carbocycles. The number of fused-ring (bicyclic) bond motifs is 1. The molecule has 2 aromatic heterocycles. The molecular weight excluding hydrogens is 294 g/mol. The Morgan fingerprint density at radius 3 is 2.85 bits per heavy atom. The van der Waals surface area contributed by atoms with E-state index in [0.29, 0.717) is 19.4 Å². The van der Waals surface area contributed by atoms with Crippen molar-refractivity contribution in [2.45, 2.75) is 25.8 Å². The number of thiophene rings is 2. The predicted octanol–water partition coefficient (Wildman–Crippen LogP) is 3.29. The van der Waals surface area contributed by atoms with Gasteiger partial charge in [0.25, 0.3) is 5.91 Å². The van der Waals surface area contributed by atoms with Crippen molar-refractivity contribution >= 4 is 43.9 Å². The molecule has 1 fully saturated rings. The molecule has 1 saturated heterocycles. The van der Waals surface area contributed by atoms with Crippen LogP contribution in [0, 0.1) is 5.92 Å². The van der Waals surface area contributed by atoms with Crippen LogP contribution in [0.1, 0.15) is 29.4 Å². The summed E-state index contributed by atoms with van der Waals surface area (Å²) < 4.78 is 2.29. The number of rotatable bonds is 2. The SMILES string of the molecule is CC1CC(C(=O)O)CCN1C(=O)c1cc2sccc2s1. The van der Waals surface area contributed by atoms with Crippen molar-refractivity contribution in [3.05, 3.63) is 22.4 Å². The number of likely N-dealkylation sites (tertiary alicyclic amines) is 1. The first-order chi connectivity index (χ1) is 9.56. The van der Waals surface area contributed by atoms with Gasteiger partial charge < -0.3 is 10.0 Å². The molecule has 1 N–H and O–H groups in total. The molecule has 0 spiro atoms. The number of nitrogens with zero attached hydrogens (tertiary/aromatic N) is 1. The van der Waals surface area contributed by atoms with Crippen molar-refractivity contribution in [2.24, 2.45) is 5.92 Å². The van der Waals surface area contributed by atoms with Crippen LogP contribution < -0.4 is 0 Å². The zero-order valence-corrected chi connectivity index (χ0v) is 12.7. The van der Waals surface area contributed by atoms with Gasteiger partial charge in [-0.25, -0.2) is 0 Å². The van der Waals surface area contributed by atoms with E-state index in [0.717, 1.165) is 14.3 Å². The Morgan fingerprint density at radius 2 is 2.20 bits per heavy atom. The molecule has 1 aliphatic heterocycles. The van der Waals surface area contributed by atoms with Crippen molar-refractivity contribution in [1.82, 2.24) is 4.90 Å². The average molecular weight is 309 g/mol. The second kappa shape index (κ2) is 5.18. The van der Waals surface area contributed by atoms with Crippen LogP contribution in [0.25, 0.3) is 9.40 Å². The lowest BCUT2D eigenvalue weighted by Crippen LogP contribution is -2.45. The van der Waals surface area contributed by atoms with E-state index < -0.39 is 5.97 Å². The molecule has 3 heterocycles.